The predicted molar refractivity (Wildman–Crippen MR) is 91.7 cm³/mol. The van der Waals surface area contributed by atoms with Gasteiger partial charge in [0.1, 0.15) is 11.3 Å². The van der Waals surface area contributed by atoms with Crippen LogP contribution in [-0.2, 0) is 6.54 Å². The highest BCUT2D eigenvalue weighted by molar-refractivity contribution is 7.10. The molecule has 2 aromatic heterocycles. The Morgan fingerprint density at radius 3 is 2.92 bits per heavy atom. The predicted octanol–water partition coefficient (Wildman–Crippen LogP) is 3.06. The molecule has 0 aliphatic heterocycles. The Labute approximate surface area is 142 Å². The van der Waals surface area contributed by atoms with Gasteiger partial charge in [0.25, 0.3) is 0 Å². The smallest absolute Gasteiger partial charge is 0.320 e. The molecule has 0 spiro atoms. The van der Waals surface area contributed by atoms with E-state index < -0.39 is 0 Å². The molecule has 2 heterocycles. The summed E-state index contributed by atoms with van der Waals surface area (Å²) >= 11 is 1.26. The summed E-state index contributed by atoms with van der Waals surface area (Å²) in [5.41, 5.74) is 1.88. The van der Waals surface area contributed by atoms with E-state index in [1.165, 1.54) is 11.5 Å². The Hall–Kier alpha value is -2.74. The minimum atomic E-state index is -0.274. The Bertz CT molecular complexity index is 839. The average molecular weight is 340 g/mol. The van der Waals surface area contributed by atoms with Gasteiger partial charge in [-0.25, -0.2) is 4.79 Å². The van der Waals surface area contributed by atoms with Crippen LogP contribution in [0.3, 0.4) is 0 Å². The van der Waals surface area contributed by atoms with Gasteiger partial charge in [0.05, 0.1) is 12.2 Å². The first-order valence-corrected chi connectivity index (χ1v) is 8.52. The number of nitrogens with one attached hydrogen (secondary N) is 2. The van der Waals surface area contributed by atoms with Crippen molar-refractivity contribution in [2.24, 2.45) is 0 Å². The summed E-state index contributed by atoms with van der Waals surface area (Å²) in [5, 5.41) is 14.3. The number of amides is 2. The molecule has 3 aromatic rings. The first-order valence-electron chi connectivity index (χ1n) is 7.75. The van der Waals surface area contributed by atoms with Crippen LogP contribution in [0, 0.1) is 0 Å². The fraction of sp³-hybridized carbons (Fsp3) is 0.250. The van der Waals surface area contributed by atoms with Crippen LogP contribution >= 0.6 is 11.5 Å². The molecular weight excluding hydrogens is 324 g/mol. The number of hydrogen-bond donors (Lipinski definition) is 2. The third kappa shape index (κ3) is 3.28. The SMILES string of the molecule is O=C(NCc1nncn1C1CC1)Nc1cc(-c2ccccc2)ns1. The molecule has 1 fully saturated rings. The summed E-state index contributed by atoms with van der Waals surface area (Å²) in [6.07, 6.45) is 4.03. The van der Waals surface area contributed by atoms with Crippen molar-refractivity contribution in [2.75, 3.05) is 5.32 Å². The second-order valence-corrected chi connectivity index (χ2v) is 6.44. The monoisotopic (exact) mass is 340 g/mol. The van der Waals surface area contributed by atoms with Crippen molar-refractivity contribution in [3.05, 3.63) is 48.5 Å². The Morgan fingerprint density at radius 2 is 2.12 bits per heavy atom. The number of benzene rings is 1. The summed E-state index contributed by atoms with van der Waals surface area (Å²) in [6.45, 7) is 0.354. The maximum atomic E-state index is 12.0. The van der Waals surface area contributed by atoms with Crippen molar-refractivity contribution in [1.29, 1.82) is 0 Å². The Balaban J connectivity index is 1.34. The highest BCUT2D eigenvalue weighted by atomic mass is 32.1. The number of anilines is 1. The minimum Gasteiger partial charge on any atom is -0.331 e. The number of nitrogens with zero attached hydrogens (tertiary/aromatic N) is 4. The fourth-order valence-electron chi connectivity index (χ4n) is 2.45. The third-order valence-electron chi connectivity index (χ3n) is 3.81. The van der Waals surface area contributed by atoms with E-state index in [9.17, 15) is 4.79 Å². The van der Waals surface area contributed by atoms with Crippen molar-refractivity contribution in [2.45, 2.75) is 25.4 Å². The molecule has 1 aliphatic carbocycles. The first kappa shape index (κ1) is 14.8. The van der Waals surface area contributed by atoms with Crippen molar-refractivity contribution in [3.63, 3.8) is 0 Å². The van der Waals surface area contributed by atoms with Crippen LogP contribution in [0.1, 0.15) is 24.7 Å². The van der Waals surface area contributed by atoms with Crippen LogP contribution in [0.4, 0.5) is 9.80 Å². The third-order valence-corrected chi connectivity index (χ3v) is 4.52. The van der Waals surface area contributed by atoms with Crippen molar-refractivity contribution >= 4 is 22.6 Å². The van der Waals surface area contributed by atoms with Gasteiger partial charge in [0.2, 0.25) is 0 Å². The lowest BCUT2D eigenvalue weighted by atomic mass is 10.2. The molecule has 1 aromatic carbocycles. The topological polar surface area (TPSA) is 84.7 Å². The zero-order valence-electron chi connectivity index (χ0n) is 12.8. The molecular formula is C16H16N6OS. The van der Waals surface area contributed by atoms with Crippen LogP contribution in [0.2, 0.25) is 0 Å². The first-order chi connectivity index (χ1) is 11.8. The molecule has 4 rings (SSSR count). The van der Waals surface area contributed by atoms with Crippen LogP contribution < -0.4 is 10.6 Å². The van der Waals surface area contributed by atoms with Crippen molar-refractivity contribution in [3.8, 4) is 11.3 Å². The fourth-order valence-corrected chi connectivity index (χ4v) is 3.10. The van der Waals surface area contributed by atoms with Crippen molar-refractivity contribution in [1.82, 2.24) is 24.5 Å². The highest BCUT2D eigenvalue weighted by Gasteiger charge is 2.26. The molecule has 0 atom stereocenters. The summed E-state index contributed by atoms with van der Waals surface area (Å²) in [5.74, 6) is 0.780. The molecule has 0 unspecified atom stereocenters. The van der Waals surface area contributed by atoms with Gasteiger partial charge in [-0.3, -0.25) is 5.32 Å². The second kappa shape index (κ2) is 6.40. The van der Waals surface area contributed by atoms with Crippen molar-refractivity contribution < 1.29 is 4.79 Å². The molecule has 0 radical (unpaired) electrons. The normalized spacial score (nSPS) is 13.7. The van der Waals surface area contributed by atoms with E-state index in [-0.39, 0.29) is 6.03 Å². The summed E-state index contributed by atoms with van der Waals surface area (Å²) in [4.78, 5) is 12.0. The summed E-state index contributed by atoms with van der Waals surface area (Å²) in [6, 6.07) is 12.0. The molecule has 0 bridgehead atoms. The summed E-state index contributed by atoms with van der Waals surface area (Å²) < 4.78 is 6.40. The lowest BCUT2D eigenvalue weighted by molar-refractivity contribution is 0.251. The quantitative estimate of drug-likeness (QED) is 0.747. The Kier molecular flexibility index (Phi) is 3.96. The van der Waals surface area contributed by atoms with E-state index in [1.54, 1.807) is 6.33 Å². The van der Waals surface area contributed by atoms with Crippen LogP contribution in [-0.4, -0.2) is 25.2 Å². The van der Waals surface area contributed by atoms with Crippen LogP contribution in [0.25, 0.3) is 11.3 Å². The molecule has 1 saturated carbocycles. The minimum absolute atomic E-state index is 0.274. The molecule has 24 heavy (non-hydrogen) atoms. The lowest BCUT2D eigenvalue weighted by Gasteiger charge is -2.06. The Morgan fingerprint density at radius 1 is 1.29 bits per heavy atom. The second-order valence-electron chi connectivity index (χ2n) is 5.64. The molecule has 122 valence electrons. The molecule has 7 nitrogen and oxygen atoms in total. The maximum Gasteiger partial charge on any atom is 0.320 e. The van der Waals surface area contributed by atoms with Gasteiger partial charge >= 0.3 is 6.03 Å². The average Bonchev–Trinajstić information content (AvgIpc) is 3.16. The van der Waals surface area contributed by atoms with E-state index in [1.807, 2.05) is 41.0 Å². The van der Waals surface area contributed by atoms with Gasteiger partial charge in [0, 0.05) is 17.7 Å². The number of urea groups is 1. The van der Waals surface area contributed by atoms with Crippen LogP contribution in [0.15, 0.2) is 42.7 Å². The maximum absolute atomic E-state index is 12.0. The number of hydrogen-bond acceptors (Lipinski definition) is 5. The molecule has 8 heteroatoms. The highest BCUT2D eigenvalue weighted by Crippen LogP contribution is 2.35. The van der Waals surface area contributed by atoms with Crippen LogP contribution in [0.5, 0.6) is 0 Å². The molecule has 0 saturated heterocycles. The van der Waals surface area contributed by atoms with E-state index in [4.69, 9.17) is 0 Å². The van der Waals surface area contributed by atoms with Gasteiger partial charge in [-0.15, -0.1) is 10.2 Å². The van der Waals surface area contributed by atoms with Gasteiger partial charge in [-0.2, -0.15) is 4.37 Å². The number of carbonyl (C=O) groups is 1. The molecule has 1 aliphatic rings. The van der Waals surface area contributed by atoms with E-state index in [2.05, 4.69) is 25.2 Å². The lowest BCUT2D eigenvalue weighted by Crippen LogP contribution is -2.29. The van der Waals surface area contributed by atoms with Gasteiger partial charge in [-0.05, 0) is 24.4 Å². The van der Waals surface area contributed by atoms with Gasteiger partial charge in [0.15, 0.2) is 5.82 Å². The molecule has 2 amide bonds. The number of rotatable bonds is 5. The van der Waals surface area contributed by atoms with Gasteiger partial charge in [-0.1, -0.05) is 30.3 Å². The molecule has 2 N–H and O–H groups in total. The van der Waals surface area contributed by atoms with E-state index in [0.717, 1.165) is 29.9 Å². The number of carbonyl (C=O) groups excluding carboxylic acids is 1. The van der Waals surface area contributed by atoms with Gasteiger partial charge < -0.3 is 9.88 Å². The van der Waals surface area contributed by atoms with E-state index in [0.29, 0.717) is 17.6 Å². The standard InChI is InChI=1S/C16H16N6OS/c23-16(17-9-14-20-18-10-22(14)12-6-7-12)19-15-8-13(21-24-15)11-4-2-1-3-5-11/h1-5,8,10,12H,6-7,9H2,(H2,17,19,23). The number of aromatic nitrogens is 4. The largest absolute Gasteiger partial charge is 0.331 e. The van der Waals surface area contributed by atoms with E-state index >= 15 is 0 Å². The summed E-state index contributed by atoms with van der Waals surface area (Å²) in [7, 11) is 0. The zero-order chi connectivity index (χ0) is 16.4. The zero-order valence-corrected chi connectivity index (χ0v) is 13.7.